The van der Waals surface area contributed by atoms with E-state index in [0.29, 0.717) is 12.8 Å². The number of amides is 1. The van der Waals surface area contributed by atoms with Crippen LogP contribution in [0, 0.1) is 5.92 Å². The first-order chi connectivity index (χ1) is 9.52. The van der Waals surface area contributed by atoms with Crippen molar-refractivity contribution in [3.63, 3.8) is 0 Å². The number of aliphatic carboxylic acids is 1. The number of carboxylic acid groups (broad SMARTS) is 1. The molecule has 108 valence electrons. The summed E-state index contributed by atoms with van der Waals surface area (Å²) in [7, 11) is 1.60. The minimum Gasteiger partial charge on any atom is -0.497 e. The number of hydrogen-bond acceptors (Lipinski definition) is 3. The van der Waals surface area contributed by atoms with Crippen LogP contribution in [0.2, 0.25) is 0 Å². The van der Waals surface area contributed by atoms with Crippen LogP contribution in [-0.2, 0) is 9.59 Å². The molecule has 0 bridgehead atoms. The Hall–Kier alpha value is -2.04. The molecule has 1 aliphatic heterocycles. The smallest absolute Gasteiger partial charge is 0.308 e. The molecule has 20 heavy (non-hydrogen) atoms. The van der Waals surface area contributed by atoms with Gasteiger partial charge in [-0.1, -0.05) is 12.1 Å². The highest BCUT2D eigenvalue weighted by molar-refractivity contribution is 5.80. The van der Waals surface area contributed by atoms with Gasteiger partial charge in [0.1, 0.15) is 5.75 Å². The molecule has 1 heterocycles. The SMILES string of the molecule is COc1ccc(C(C)N2CC(C(=O)O)CCC2=O)cc1. The molecular formula is C15H19NO4. The van der Waals surface area contributed by atoms with Crippen molar-refractivity contribution in [2.24, 2.45) is 5.92 Å². The van der Waals surface area contributed by atoms with Crippen molar-refractivity contribution in [1.82, 2.24) is 4.90 Å². The minimum atomic E-state index is -0.829. The molecule has 0 aliphatic carbocycles. The number of nitrogens with zero attached hydrogens (tertiary/aromatic N) is 1. The zero-order valence-corrected chi connectivity index (χ0v) is 11.7. The molecule has 1 saturated heterocycles. The summed E-state index contributed by atoms with van der Waals surface area (Å²) in [6.45, 7) is 2.20. The summed E-state index contributed by atoms with van der Waals surface area (Å²) < 4.78 is 5.11. The van der Waals surface area contributed by atoms with E-state index in [-0.39, 0.29) is 18.5 Å². The van der Waals surface area contributed by atoms with E-state index in [1.807, 2.05) is 31.2 Å². The second kappa shape index (κ2) is 5.94. The molecule has 1 amide bonds. The number of likely N-dealkylation sites (tertiary alicyclic amines) is 1. The van der Waals surface area contributed by atoms with Crippen LogP contribution in [0.4, 0.5) is 0 Å². The minimum absolute atomic E-state index is 0.0193. The van der Waals surface area contributed by atoms with Gasteiger partial charge in [-0.3, -0.25) is 9.59 Å². The van der Waals surface area contributed by atoms with Crippen molar-refractivity contribution in [2.45, 2.75) is 25.8 Å². The van der Waals surface area contributed by atoms with Crippen LogP contribution in [0.25, 0.3) is 0 Å². The molecule has 2 atom stereocenters. The lowest BCUT2D eigenvalue weighted by Crippen LogP contribution is -2.43. The highest BCUT2D eigenvalue weighted by Crippen LogP contribution is 2.28. The lowest BCUT2D eigenvalue weighted by Gasteiger charge is -2.35. The third-order valence-corrected chi connectivity index (χ3v) is 3.86. The van der Waals surface area contributed by atoms with Gasteiger partial charge in [-0.2, -0.15) is 0 Å². The van der Waals surface area contributed by atoms with E-state index in [9.17, 15) is 9.59 Å². The van der Waals surface area contributed by atoms with Crippen LogP contribution in [0.3, 0.4) is 0 Å². The van der Waals surface area contributed by atoms with Gasteiger partial charge in [-0.25, -0.2) is 0 Å². The first-order valence-electron chi connectivity index (χ1n) is 6.69. The predicted octanol–water partition coefficient (Wildman–Crippen LogP) is 2.08. The highest BCUT2D eigenvalue weighted by atomic mass is 16.5. The lowest BCUT2D eigenvalue weighted by molar-refractivity contribution is -0.148. The summed E-state index contributed by atoms with van der Waals surface area (Å²) in [5.41, 5.74) is 0.977. The normalized spacial score (nSPS) is 20.6. The number of hydrogen-bond donors (Lipinski definition) is 1. The van der Waals surface area contributed by atoms with Crippen LogP contribution in [0.5, 0.6) is 5.75 Å². The summed E-state index contributed by atoms with van der Waals surface area (Å²) >= 11 is 0. The summed E-state index contributed by atoms with van der Waals surface area (Å²) in [5.74, 6) is -0.516. The molecule has 1 aromatic rings. The average molecular weight is 277 g/mol. The topological polar surface area (TPSA) is 66.8 Å². The molecule has 2 unspecified atom stereocenters. The van der Waals surface area contributed by atoms with Gasteiger partial charge < -0.3 is 14.7 Å². The average Bonchev–Trinajstić information content (AvgIpc) is 2.47. The Kier molecular flexibility index (Phi) is 4.27. The van der Waals surface area contributed by atoms with Crippen LogP contribution < -0.4 is 4.74 Å². The van der Waals surface area contributed by atoms with Gasteiger partial charge in [0.05, 0.1) is 19.1 Å². The molecule has 5 nitrogen and oxygen atoms in total. The van der Waals surface area contributed by atoms with Gasteiger partial charge in [0, 0.05) is 13.0 Å². The summed E-state index contributed by atoms with van der Waals surface area (Å²) in [6.07, 6.45) is 0.734. The monoisotopic (exact) mass is 277 g/mol. The molecule has 1 N–H and O–H groups in total. The fourth-order valence-corrected chi connectivity index (χ4v) is 2.51. The zero-order chi connectivity index (χ0) is 14.7. The fourth-order valence-electron chi connectivity index (χ4n) is 2.51. The summed E-state index contributed by atoms with van der Waals surface area (Å²) in [6, 6.07) is 7.36. The molecule has 0 aromatic heterocycles. The first kappa shape index (κ1) is 14.4. The van der Waals surface area contributed by atoms with Gasteiger partial charge in [-0.05, 0) is 31.0 Å². The van der Waals surface area contributed by atoms with E-state index in [4.69, 9.17) is 9.84 Å². The number of carbonyl (C=O) groups is 2. The predicted molar refractivity (Wildman–Crippen MR) is 73.5 cm³/mol. The van der Waals surface area contributed by atoms with Crippen molar-refractivity contribution in [2.75, 3.05) is 13.7 Å². The van der Waals surface area contributed by atoms with E-state index < -0.39 is 11.9 Å². The van der Waals surface area contributed by atoms with E-state index in [1.54, 1.807) is 12.0 Å². The molecule has 0 radical (unpaired) electrons. The largest absolute Gasteiger partial charge is 0.497 e. The summed E-state index contributed by atoms with van der Waals surface area (Å²) in [4.78, 5) is 24.8. The fraction of sp³-hybridized carbons (Fsp3) is 0.467. The molecule has 1 fully saturated rings. The molecule has 1 aromatic carbocycles. The Morgan fingerprint density at radius 2 is 2.05 bits per heavy atom. The first-order valence-corrected chi connectivity index (χ1v) is 6.69. The number of carboxylic acids is 1. The van der Waals surface area contributed by atoms with Crippen molar-refractivity contribution in [3.8, 4) is 5.75 Å². The highest BCUT2D eigenvalue weighted by Gasteiger charge is 2.32. The quantitative estimate of drug-likeness (QED) is 0.915. The van der Waals surface area contributed by atoms with Gasteiger partial charge in [0.15, 0.2) is 0 Å². The van der Waals surface area contributed by atoms with Crippen LogP contribution >= 0.6 is 0 Å². The Balaban J connectivity index is 2.14. The molecule has 2 rings (SSSR count). The second-order valence-electron chi connectivity index (χ2n) is 5.07. The summed E-state index contributed by atoms with van der Waals surface area (Å²) in [5, 5.41) is 9.11. The number of benzene rings is 1. The van der Waals surface area contributed by atoms with Crippen LogP contribution in [0.1, 0.15) is 31.4 Å². The van der Waals surface area contributed by atoms with Crippen molar-refractivity contribution < 1.29 is 19.4 Å². The maximum absolute atomic E-state index is 12.0. The number of ether oxygens (including phenoxy) is 1. The third kappa shape index (κ3) is 2.92. The van der Waals surface area contributed by atoms with E-state index in [1.165, 1.54) is 0 Å². The third-order valence-electron chi connectivity index (χ3n) is 3.86. The molecule has 5 heteroatoms. The van der Waals surface area contributed by atoms with Gasteiger partial charge in [-0.15, -0.1) is 0 Å². The van der Waals surface area contributed by atoms with Crippen molar-refractivity contribution in [3.05, 3.63) is 29.8 Å². The zero-order valence-electron chi connectivity index (χ0n) is 11.7. The molecular weight excluding hydrogens is 258 g/mol. The maximum atomic E-state index is 12.0. The molecule has 0 spiro atoms. The number of rotatable bonds is 4. The number of methoxy groups -OCH3 is 1. The maximum Gasteiger partial charge on any atom is 0.308 e. The molecule has 0 saturated carbocycles. The van der Waals surface area contributed by atoms with E-state index in [2.05, 4.69) is 0 Å². The lowest BCUT2D eigenvalue weighted by atomic mass is 9.95. The Labute approximate surface area is 118 Å². The van der Waals surface area contributed by atoms with Gasteiger partial charge in [0.25, 0.3) is 0 Å². The van der Waals surface area contributed by atoms with Crippen molar-refractivity contribution >= 4 is 11.9 Å². The van der Waals surface area contributed by atoms with Crippen molar-refractivity contribution in [1.29, 1.82) is 0 Å². The Morgan fingerprint density at radius 1 is 1.40 bits per heavy atom. The number of piperidine rings is 1. The van der Waals surface area contributed by atoms with E-state index in [0.717, 1.165) is 11.3 Å². The second-order valence-corrected chi connectivity index (χ2v) is 5.07. The Bertz CT molecular complexity index is 497. The van der Waals surface area contributed by atoms with Crippen LogP contribution in [-0.4, -0.2) is 35.5 Å². The van der Waals surface area contributed by atoms with Crippen LogP contribution in [0.15, 0.2) is 24.3 Å². The van der Waals surface area contributed by atoms with Gasteiger partial charge in [0.2, 0.25) is 5.91 Å². The molecule has 1 aliphatic rings. The van der Waals surface area contributed by atoms with E-state index >= 15 is 0 Å². The van der Waals surface area contributed by atoms with Gasteiger partial charge >= 0.3 is 5.97 Å². The Morgan fingerprint density at radius 3 is 2.60 bits per heavy atom. The standard InChI is InChI=1S/C15H19NO4/c1-10(11-3-6-13(20-2)7-4-11)16-9-12(15(18)19)5-8-14(16)17/h3-4,6-7,10,12H,5,8-9H2,1-2H3,(H,18,19). The number of carbonyl (C=O) groups excluding carboxylic acids is 1.